The first-order valence-electron chi connectivity index (χ1n) is 5.81. The molecule has 1 heterocycles. The first kappa shape index (κ1) is 12.6. The topological polar surface area (TPSA) is 83.6 Å². The Bertz CT molecular complexity index is 484. The summed E-state index contributed by atoms with van der Waals surface area (Å²) in [7, 11) is 0. The third-order valence-corrected chi connectivity index (χ3v) is 3.37. The van der Waals surface area contributed by atoms with Crippen LogP contribution in [0, 0.1) is 0 Å². The van der Waals surface area contributed by atoms with E-state index >= 15 is 0 Å². The van der Waals surface area contributed by atoms with E-state index in [0.717, 1.165) is 5.69 Å². The van der Waals surface area contributed by atoms with Gasteiger partial charge >= 0.3 is 5.97 Å². The number of Topliss-reactive ketones (excluding diaryl/α,β-unsaturated/α-hetero) is 1. The highest BCUT2D eigenvalue weighted by Gasteiger charge is 2.41. The van der Waals surface area contributed by atoms with Gasteiger partial charge in [-0.3, -0.25) is 9.59 Å². The lowest BCUT2D eigenvalue weighted by Gasteiger charge is -2.21. The van der Waals surface area contributed by atoms with Gasteiger partial charge in [0.05, 0.1) is 0 Å². The molecule has 0 saturated carbocycles. The fourth-order valence-electron chi connectivity index (χ4n) is 2.14. The fraction of sp³-hybridized carbons (Fsp3) is 0.385. The number of benzene rings is 1. The van der Waals surface area contributed by atoms with Gasteiger partial charge in [0.15, 0.2) is 5.78 Å². The summed E-state index contributed by atoms with van der Waals surface area (Å²) in [5, 5.41) is 9.06. The normalized spacial score (nSPS) is 23.1. The van der Waals surface area contributed by atoms with Crippen LogP contribution in [0.1, 0.15) is 23.7 Å². The van der Waals surface area contributed by atoms with Crippen LogP contribution in [0.4, 0.5) is 5.69 Å². The van der Waals surface area contributed by atoms with E-state index in [9.17, 15) is 9.59 Å². The Balaban J connectivity index is 2.15. The lowest BCUT2D eigenvalue weighted by Crippen LogP contribution is -2.50. The average Bonchev–Trinajstić information content (AvgIpc) is 2.73. The Morgan fingerprint density at radius 3 is 2.39 bits per heavy atom. The number of rotatable bonds is 3. The zero-order valence-electron chi connectivity index (χ0n) is 10.2. The maximum atomic E-state index is 11.2. The van der Waals surface area contributed by atoms with E-state index in [2.05, 4.69) is 0 Å². The average molecular weight is 248 g/mol. The van der Waals surface area contributed by atoms with Gasteiger partial charge in [-0.15, -0.1) is 0 Å². The van der Waals surface area contributed by atoms with Gasteiger partial charge in [0, 0.05) is 24.3 Å². The Kier molecular flexibility index (Phi) is 3.09. The van der Waals surface area contributed by atoms with Crippen molar-refractivity contribution in [2.75, 3.05) is 18.0 Å². The molecule has 1 aliphatic heterocycles. The molecule has 1 fully saturated rings. The van der Waals surface area contributed by atoms with Gasteiger partial charge in [0.1, 0.15) is 5.54 Å². The number of ketones is 1. The van der Waals surface area contributed by atoms with Gasteiger partial charge in [0.25, 0.3) is 0 Å². The molecule has 1 aliphatic rings. The molecule has 0 aliphatic carbocycles. The molecule has 96 valence electrons. The van der Waals surface area contributed by atoms with Crippen molar-refractivity contribution in [3.05, 3.63) is 29.8 Å². The van der Waals surface area contributed by atoms with E-state index in [1.54, 1.807) is 12.1 Å². The molecule has 0 bridgehead atoms. The van der Waals surface area contributed by atoms with Crippen molar-refractivity contribution in [3.63, 3.8) is 0 Å². The van der Waals surface area contributed by atoms with Crippen molar-refractivity contribution < 1.29 is 14.7 Å². The van der Waals surface area contributed by atoms with Crippen LogP contribution in [-0.4, -0.2) is 35.5 Å². The van der Waals surface area contributed by atoms with Gasteiger partial charge in [0.2, 0.25) is 0 Å². The zero-order valence-corrected chi connectivity index (χ0v) is 10.2. The predicted octanol–water partition coefficient (Wildman–Crippen LogP) is 0.881. The van der Waals surface area contributed by atoms with Crippen molar-refractivity contribution in [2.45, 2.75) is 18.9 Å². The number of aliphatic carboxylic acids is 1. The summed E-state index contributed by atoms with van der Waals surface area (Å²) in [5.74, 6) is -0.952. The standard InChI is InChI=1S/C13H16N2O3/c1-9(16)10-2-4-11(5-3-10)15-7-6-13(14,8-15)12(17)18/h2-5H,6-8,14H2,1H3,(H,17,18). The number of carboxylic acid groups (broad SMARTS) is 1. The highest BCUT2D eigenvalue weighted by atomic mass is 16.4. The summed E-state index contributed by atoms with van der Waals surface area (Å²) in [4.78, 5) is 24.1. The fourth-order valence-corrected chi connectivity index (χ4v) is 2.14. The molecule has 1 aromatic carbocycles. The molecule has 3 N–H and O–H groups in total. The smallest absolute Gasteiger partial charge is 0.325 e. The highest BCUT2D eigenvalue weighted by molar-refractivity contribution is 5.94. The third kappa shape index (κ3) is 2.22. The molecule has 0 amide bonds. The van der Waals surface area contributed by atoms with Crippen molar-refractivity contribution >= 4 is 17.4 Å². The number of carboxylic acids is 1. The van der Waals surface area contributed by atoms with Crippen LogP contribution in [0.5, 0.6) is 0 Å². The number of carbonyl (C=O) groups is 2. The van der Waals surface area contributed by atoms with Crippen molar-refractivity contribution in [1.29, 1.82) is 0 Å². The minimum Gasteiger partial charge on any atom is -0.480 e. The van der Waals surface area contributed by atoms with Gasteiger partial charge in [-0.2, -0.15) is 0 Å². The number of hydrogen-bond donors (Lipinski definition) is 2. The first-order valence-corrected chi connectivity index (χ1v) is 5.81. The monoisotopic (exact) mass is 248 g/mol. The summed E-state index contributed by atoms with van der Waals surface area (Å²) in [5.41, 5.74) is 6.19. The molecule has 2 rings (SSSR count). The number of nitrogens with two attached hydrogens (primary N) is 1. The lowest BCUT2D eigenvalue weighted by molar-refractivity contribution is -0.142. The summed E-state index contributed by atoms with van der Waals surface area (Å²) in [6, 6.07) is 7.14. The molecule has 0 radical (unpaired) electrons. The second kappa shape index (κ2) is 4.42. The predicted molar refractivity (Wildman–Crippen MR) is 67.8 cm³/mol. The molecule has 0 aromatic heterocycles. The quantitative estimate of drug-likeness (QED) is 0.776. The summed E-state index contributed by atoms with van der Waals surface area (Å²) < 4.78 is 0. The van der Waals surface area contributed by atoms with Crippen LogP contribution < -0.4 is 10.6 Å². The number of anilines is 1. The molecular weight excluding hydrogens is 232 g/mol. The number of hydrogen-bond acceptors (Lipinski definition) is 4. The molecule has 5 nitrogen and oxygen atoms in total. The SMILES string of the molecule is CC(=O)c1ccc(N2CCC(N)(C(=O)O)C2)cc1. The third-order valence-electron chi connectivity index (χ3n) is 3.37. The van der Waals surface area contributed by atoms with Gasteiger partial charge in [-0.05, 0) is 37.6 Å². The molecule has 18 heavy (non-hydrogen) atoms. The molecular formula is C13H16N2O3. The molecule has 1 unspecified atom stereocenters. The zero-order chi connectivity index (χ0) is 13.3. The Hall–Kier alpha value is -1.88. The van der Waals surface area contributed by atoms with E-state index in [1.807, 2.05) is 17.0 Å². The van der Waals surface area contributed by atoms with Gasteiger partial charge in [-0.1, -0.05) is 0 Å². The van der Waals surface area contributed by atoms with E-state index in [1.165, 1.54) is 6.92 Å². The van der Waals surface area contributed by atoms with Crippen LogP contribution in [0.3, 0.4) is 0 Å². The highest BCUT2D eigenvalue weighted by Crippen LogP contribution is 2.25. The minimum absolute atomic E-state index is 0.0154. The molecule has 1 atom stereocenters. The van der Waals surface area contributed by atoms with Crippen molar-refractivity contribution in [1.82, 2.24) is 0 Å². The lowest BCUT2D eigenvalue weighted by atomic mass is 10.0. The maximum Gasteiger partial charge on any atom is 0.325 e. The first-order chi connectivity index (χ1) is 8.42. The van der Waals surface area contributed by atoms with Crippen LogP contribution in [-0.2, 0) is 4.79 Å². The summed E-state index contributed by atoms with van der Waals surface area (Å²) in [6.45, 7) is 2.42. The molecule has 5 heteroatoms. The minimum atomic E-state index is -1.17. The summed E-state index contributed by atoms with van der Waals surface area (Å²) >= 11 is 0. The van der Waals surface area contributed by atoms with E-state index < -0.39 is 11.5 Å². The summed E-state index contributed by atoms with van der Waals surface area (Å²) in [6.07, 6.45) is 0.427. The van der Waals surface area contributed by atoms with Crippen LogP contribution in [0.2, 0.25) is 0 Å². The van der Waals surface area contributed by atoms with Crippen molar-refractivity contribution in [3.8, 4) is 0 Å². The van der Waals surface area contributed by atoms with Crippen LogP contribution in [0.25, 0.3) is 0 Å². The van der Waals surface area contributed by atoms with Gasteiger partial charge < -0.3 is 15.7 Å². The largest absolute Gasteiger partial charge is 0.480 e. The molecule has 1 aromatic rings. The van der Waals surface area contributed by atoms with E-state index in [-0.39, 0.29) is 5.78 Å². The van der Waals surface area contributed by atoms with E-state index in [4.69, 9.17) is 10.8 Å². The second-order valence-corrected chi connectivity index (χ2v) is 4.74. The van der Waals surface area contributed by atoms with E-state index in [0.29, 0.717) is 25.1 Å². The Morgan fingerprint density at radius 1 is 1.33 bits per heavy atom. The van der Waals surface area contributed by atoms with Crippen molar-refractivity contribution in [2.24, 2.45) is 5.73 Å². The van der Waals surface area contributed by atoms with Crippen LogP contribution >= 0.6 is 0 Å². The molecule has 1 saturated heterocycles. The molecule has 0 spiro atoms. The van der Waals surface area contributed by atoms with Gasteiger partial charge in [-0.25, -0.2) is 0 Å². The second-order valence-electron chi connectivity index (χ2n) is 4.74. The maximum absolute atomic E-state index is 11.2. The Morgan fingerprint density at radius 2 is 1.94 bits per heavy atom. The number of nitrogens with zero attached hydrogens (tertiary/aromatic N) is 1. The van der Waals surface area contributed by atoms with Crippen LogP contribution in [0.15, 0.2) is 24.3 Å². The number of carbonyl (C=O) groups excluding carboxylic acids is 1. The Labute approximate surface area is 105 Å².